The Labute approximate surface area is 242 Å². The fraction of sp³-hybridized carbons (Fsp3) is 0.387. The number of ether oxygens (including phenoxy) is 2. The van der Waals surface area contributed by atoms with Gasteiger partial charge in [-0.2, -0.15) is 14.6 Å². The van der Waals surface area contributed by atoms with Crippen molar-refractivity contribution in [3.05, 3.63) is 64.9 Å². The van der Waals surface area contributed by atoms with Gasteiger partial charge in [-0.1, -0.05) is 13.0 Å². The Morgan fingerprint density at radius 1 is 1.02 bits per heavy atom. The number of pyridine rings is 1. The number of aromatic nitrogens is 1. The fourth-order valence-corrected chi connectivity index (χ4v) is 5.28. The number of methoxy groups -OCH3 is 1. The quantitative estimate of drug-likeness (QED) is 0.356. The Hall–Kier alpha value is -4.41. The first-order valence-electron chi connectivity index (χ1n) is 13.9. The Kier molecular flexibility index (Phi) is 7.94. The molecule has 0 bridgehead atoms. The molecule has 2 aliphatic rings. The fourth-order valence-electron chi connectivity index (χ4n) is 5.28. The predicted molar refractivity (Wildman–Crippen MR) is 155 cm³/mol. The van der Waals surface area contributed by atoms with Crippen LogP contribution < -0.4 is 14.9 Å². The number of benzene rings is 2. The first-order chi connectivity index (χ1) is 20.0. The van der Waals surface area contributed by atoms with Crippen LogP contribution in [0.2, 0.25) is 0 Å². The second-order valence-corrected chi connectivity index (χ2v) is 11.1. The third-order valence-electron chi connectivity index (χ3n) is 7.62. The molecule has 1 unspecified atom stereocenters. The molecule has 5 rings (SSSR count). The third kappa shape index (κ3) is 5.31. The van der Waals surface area contributed by atoms with E-state index in [2.05, 4.69) is 15.5 Å². The highest BCUT2D eigenvalue weighted by atomic mass is 19.2. The van der Waals surface area contributed by atoms with Crippen LogP contribution in [0.15, 0.2) is 46.6 Å². The molecule has 1 aromatic heterocycles. The summed E-state index contributed by atoms with van der Waals surface area (Å²) in [6.07, 6.45) is 1.18. The predicted octanol–water partition coefficient (Wildman–Crippen LogP) is 5.12. The molecule has 2 aliphatic heterocycles. The molecule has 11 heteroatoms. The Balaban J connectivity index is 1.24. The zero-order chi connectivity index (χ0) is 30.2. The van der Waals surface area contributed by atoms with Crippen molar-refractivity contribution in [1.82, 2.24) is 15.4 Å². The maximum Gasteiger partial charge on any atom is 0.254 e. The van der Waals surface area contributed by atoms with Crippen molar-refractivity contribution in [3.8, 4) is 11.5 Å². The van der Waals surface area contributed by atoms with E-state index in [1.165, 1.54) is 17.1 Å². The molecule has 9 nitrogen and oxygen atoms in total. The highest BCUT2D eigenvalue weighted by Gasteiger charge is 2.44. The number of nitrogens with zero attached hydrogens (tertiary/aromatic N) is 4. The summed E-state index contributed by atoms with van der Waals surface area (Å²) in [5.74, 6) is -2.48. The molecule has 3 heterocycles. The van der Waals surface area contributed by atoms with Crippen LogP contribution in [-0.4, -0.2) is 53.5 Å². The van der Waals surface area contributed by atoms with E-state index in [1.54, 1.807) is 14.0 Å². The largest absolute Gasteiger partial charge is 0.494 e. The van der Waals surface area contributed by atoms with E-state index in [4.69, 9.17) is 14.6 Å². The lowest BCUT2D eigenvalue weighted by Gasteiger charge is -2.21. The van der Waals surface area contributed by atoms with Gasteiger partial charge in [0, 0.05) is 41.1 Å². The average molecular weight is 578 g/mol. The van der Waals surface area contributed by atoms with Crippen LogP contribution >= 0.6 is 0 Å². The Morgan fingerprint density at radius 2 is 1.76 bits per heavy atom. The van der Waals surface area contributed by atoms with Crippen LogP contribution in [0.1, 0.15) is 56.9 Å². The number of carbonyl (C=O) groups excluding carboxylic acids is 2. The van der Waals surface area contributed by atoms with E-state index in [1.807, 2.05) is 45.0 Å². The van der Waals surface area contributed by atoms with Crippen molar-refractivity contribution in [2.75, 3.05) is 20.3 Å². The van der Waals surface area contributed by atoms with E-state index in [9.17, 15) is 18.4 Å². The number of amides is 2. The van der Waals surface area contributed by atoms with Crippen molar-refractivity contribution in [3.63, 3.8) is 0 Å². The highest BCUT2D eigenvalue weighted by Crippen LogP contribution is 2.37. The molecule has 2 aromatic carbocycles. The number of hydrogen-bond acceptors (Lipinski definition) is 7. The van der Waals surface area contributed by atoms with Crippen molar-refractivity contribution in [1.29, 1.82) is 0 Å². The summed E-state index contributed by atoms with van der Waals surface area (Å²) in [7, 11) is 1.60. The molecule has 1 N–H and O–H groups in total. The molecule has 220 valence electrons. The van der Waals surface area contributed by atoms with Gasteiger partial charge in [0.05, 0.1) is 30.6 Å². The summed E-state index contributed by atoms with van der Waals surface area (Å²) in [4.78, 5) is 29.4. The molecular formula is C31H33F2N5O4. The van der Waals surface area contributed by atoms with Crippen molar-refractivity contribution >= 4 is 34.1 Å². The summed E-state index contributed by atoms with van der Waals surface area (Å²) in [5.41, 5.74) is 4.76. The molecule has 0 radical (unpaired) electrons. The summed E-state index contributed by atoms with van der Waals surface area (Å²) in [6, 6.07) is 10.4. The number of rotatable bonds is 9. The minimum atomic E-state index is -1.11. The number of carbonyl (C=O) groups is 2. The SMILES string of the molecule is COc1ccc(C2=NN(CCCCOc3ccc(C4=NNC(=O)CC4C)c(F)c3F)C(=O)C2(C)C)c2ccc(C)nc12. The number of aryl methyl sites for hydroxylation is 1. The molecule has 3 aromatic rings. The van der Waals surface area contributed by atoms with Gasteiger partial charge in [-0.3, -0.25) is 9.59 Å². The maximum absolute atomic E-state index is 14.8. The molecule has 0 fully saturated rings. The van der Waals surface area contributed by atoms with E-state index in [0.29, 0.717) is 36.4 Å². The number of halogens is 2. The van der Waals surface area contributed by atoms with Gasteiger partial charge in [0.1, 0.15) is 11.3 Å². The van der Waals surface area contributed by atoms with E-state index in [0.717, 1.165) is 16.6 Å². The van der Waals surface area contributed by atoms with Gasteiger partial charge in [0.15, 0.2) is 11.6 Å². The second kappa shape index (κ2) is 11.5. The number of fused-ring (bicyclic) bond motifs is 1. The minimum Gasteiger partial charge on any atom is -0.494 e. The minimum absolute atomic E-state index is 0.00766. The second-order valence-electron chi connectivity index (χ2n) is 11.1. The number of unbranched alkanes of at least 4 members (excludes halogenated alkanes) is 1. The zero-order valence-electron chi connectivity index (χ0n) is 24.3. The summed E-state index contributed by atoms with van der Waals surface area (Å²) < 4.78 is 40.6. The lowest BCUT2D eigenvalue weighted by atomic mass is 9.82. The van der Waals surface area contributed by atoms with Gasteiger partial charge in [0.2, 0.25) is 11.7 Å². The van der Waals surface area contributed by atoms with Crippen molar-refractivity contribution in [2.45, 2.75) is 47.0 Å². The lowest BCUT2D eigenvalue weighted by molar-refractivity contribution is -0.135. The first kappa shape index (κ1) is 29.1. The van der Waals surface area contributed by atoms with E-state index >= 15 is 0 Å². The van der Waals surface area contributed by atoms with E-state index in [-0.39, 0.29) is 47.8 Å². The van der Waals surface area contributed by atoms with Gasteiger partial charge in [0.25, 0.3) is 5.91 Å². The normalized spacial score (nSPS) is 18.2. The Morgan fingerprint density at radius 3 is 2.50 bits per heavy atom. The van der Waals surface area contributed by atoms with Crippen molar-refractivity contribution in [2.24, 2.45) is 21.5 Å². The average Bonchev–Trinajstić information content (AvgIpc) is 3.18. The molecule has 0 saturated heterocycles. The van der Waals surface area contributed by atoms with Crippen LogP contribution in [0.4, 0.5) is 8.78 Å². The van der Waals surface area contributed by atoms with Gasteiger partial charge in [-0.25, -0.2) is 19.8 Å². The smallest absolute Gasteiger partial charge is 0.254 e. The highest BCUT2D eigenvalue weighted by molar-refractivity contribution is 6.23. The van der Waals surface area contributed by atoms with E-state index < -0.39 is 17.0 Å². The number of nitrogens with one attached hydrogen (secondary N) is 1. The van der Waals surface area contributed by atoms with Crippen LogP contribution in [-0.2, 0) is 9.59 Å². The van der Waals surface area contributed by atoms with Crippen molar-refractivity contribution < 1.29 is 27.8 Å². The third-order valence-corrected chi connectivity index (χ3v) is 7.62. The molecule has 42 heavy (non-hydrogen) atoms. The zero-order valence-corrected chi connectivity index (χ0v) is 24.3. The summed E-state index contributed by atoms with van der Waals surface area (Å²) >= 11 is 0. The van der Waals surface area contributed by atoms with Crippen LogP contribution in [0, 0.1) is 29.9 Å². The van der Waals surface area contributed by atoms with Gasteiger partial charge in [-0.15, -0.1) is 0 Å². The topological polar surface area (TPSA) is 105 Å². The number of hydrazone groups is 2. The summed E-state index contributed by atoms with van der Waals surface area (Å²) in [5, 5.41) is 10.9. The standard InChI is InChI=1S/C31H33F2N5O4/c1-17-16-24(39)35-36-27(17)21-11-12-22(26(33)25(21)32)42-15-7-6-14-38-30(40)31(3,4)29(37-38)20-10-13-23(41-5)28-19(20)9-8-18(2)34-28/h8-13,17H,6-7,14-16H2,1-5H3,(H,35,39). The van der Waals surface area contributed by atoms with Gasteiger partial charge >= 0.3 is 0 Å². The first-order valence-corrected chi connectivity index (χ1v) is 13.9. The molecule has 2 amide bonds. The lowest BCUT2D eigenvalue weighted by Crippen LogP contribution is -2.35. The monoisotopic (exact) mass is 577 g/mol. The molecule has 0 spiro atoms. The molecule has 0 saturated carbocycles. The number of hydrogen-bond donors (Lipinski definition) is 1. The van der Waals surface area contributed by atoms with Gasteiger partial charge < -0.3 is 9.47 Å². The van der Waals surface area contributed by atoms with Crippen LogP contribution in [0.5, 0.6) is 11.5 Å². The Bertz CT molecular complexity index is 1640. The van der Waals surface area contributed by atoms with Crippen LogP contribution in [0.3, 0.4) is 0 Å². The molecule has 0 aliphatic carbocycles. The maximum atomic E-state index is 14.8. The summed E-state index contributed by atoms with van der Waals surface area (Å²) in [6.45, 7) is 7.81. The molecule has 1 atom stereocenters. The molecular weight excluding hydrogens is 544 g/mol. The van der Waals surface area contributed by atoms with Crippen LogP contribution in [0.25, 0.3) is 10.9 Å². The van der Waals surface area contributed by atoms with Gasteiger partial charge in [-0.05, 0) is 63.9 Å².